The largest absolute Gasteiger partial charge is 0.444 e. The lowest BCUT2D eigenvalue weighted by Crippen LogP contribution is -2.55. The Morgan fingerprint density at radius 1 is 1.17 bits per heavy atom. The minimum atomic E-state index is -0.588. The van der Waals surface area contributed by atoms with E-state index in [0.717, 1.165) is 35.7 Å². The first-order valence-corrected chi connectivity index (χ1v) is 14.2. The van der Waals surface area contributed by atoms with Gasteiger partial charge in [-0.05, 0) is 81.9 Å². The zero-order valence-corrected chi connectivity index (χ0v) is 23.7. The lowest BCUT2D eigenvalue weighted by atomic mass is 9.75. The van der Waals surface area contributed by atoms with E-state index in [1.165, 1.54) is 6.07 Å². The highest BCUT2D eigenvalue weighted by Crippen LogP contribution is 2.45. The van der Waals surface area contributed by atoms with Crippen LogP contribution in [0.3, 0.4) is 0 Å². The van der Waals surface area contributed by atoms with Gasteiger partial charge >= 0.3 is 6.09 Å². The van der Waals surface area contributed by atoms with Crippen LogP contribution in [-0.4, -0.2) is 56.6 Å². The van der Waals surface area contributed by atoms with Gasteiger partial charge in [-0.3, -0.25) is 14.9 Å². The highest BCUT2D eigenvalue weighted by Gasteiger charge is 2.44. The molecule has 4 aromatic rings. The van der Waals surface area contributed by atoms with Crippen LogP contribution in [0.25, 0.3) is 39.0 Å². The zero-order chi connectivity index (χ0) is 29.4. The number of aromatic nitrogens is 2. The van der Waals surface area contributed by atoms with E-state index in [1.54, 1.807) is 11.0 Å². The predicted molar refractivity (Wildman–Crippen MR) is 156 cm³/mol. The second kappa shape index (κ2) is 9.17. The Labute approximate surface area is 241 Å². The molecule has 216 valence electrons. The van der Waals surface area contributed by atoms with E-state index in [4.69, 9.17) is 9.15 Å². The smallest absolute Gasteiger partial charge is 0.410 e. The number of fused-ring (bicyclic) bond motifs is 5. The van der Waals surface area contributed by atoms with Gasteiger partial charge < -0.3 is 23.9 Å². The molecule has 1 N–H and O–H groups in total. The topological polar surface area (TPSA) is 133 Å². The Bertz CT molecular complexity index is 1840. The third-order valence-electron chi connectivity index (χ3n) is 8.52. The zero-order valence-electron chi connectivity index (χ0n) is 23.7. The summed E-state index contributed by atoms with van der Waals surface area (Å²) in [7, 11) is 0. The lowest BCUT2D eigenvalue weighted by Gasteiger charge is -2.47. The molecule has 11 nitrogen and oxygen atoms in total. The number of amides is 2. The van der Waals surface area contributed by atoms with Crippen LogP contribution in [0, 0.1) is 10.1 Å². The van der Waals surface area contributed by atoms with E-state index in [1.807, 2.05) is 51.1 Å². The van der Waals surface area contributed by atoms with Crippen LogP contribution in [0.15, 0.2) is 46.9 Å². The molecule has 0 bridgehead atoms. The average Bonchev–Trinajstić information content (AvgIpc) is 3.53. The minimum absolute atomic E-state index is 0.0819. The van der Waals surface area contributed by atoms with Gasteiger partial charge in [-0.1, -0.05) is 12.1 Å². The number of hydrogen-bond acceptors (Lipinski definition) is 7. The number of oxazole rings is 1. The Kier molecular flexibility index (Phi) is 5.73. The van der Waals surface area contributed by atoms with Crippen molar-refractivity contribution >= 4 is 45.3 Å². The number of nitro benzene ring substituents is 1. The second-order valence-corrected chi connectivity index (χ2v) is 12.4. The highest BCUT2D eigenvalue weighted by atomic mass is 16.6. The Balaban J connectivity index is 1.25. The number of ether oxygens (including phenoxy) is 1. The van der Waals surface area contributed by atoms with Crippen molar-refractivity contribution in [3.05, 3.63) is 63.8 Å². The molecule has 4 heterocycles. The Morgan fingerprint density at radius 3 is 2.64 bits per heavy atom. The molecular weight excluding hydrogens is 538 g/mol. The number of nitrogens with zero attached hydrogens (tertiary/aromatic N) is 4. The maximum Gasteiger partial charge on any atom is 0.410 e. The molecule has 7 rings (SSSR count). The third-order valence-corrected chi connectivity index (χ3v) is 8.52. The SMILES string of the molecule is CC(C)(C)OC(=O)N1CC=C(c2cc([N+](=O)[O-])c3nc(-c4ccc5cc6n(c5c4)C4(CCC4)CNC6=O)oc3c2)CC1. The van der Waals surface area contributed by atoms with Gasteiger partial charge in [0.05, 0.1) is 16.0 Å². The van der Waals surface area contributed by atoms with E-state index in [0.29, 0.717) is 48.5 Å². The molecule has 1 saturated carbocycles. The van der Waals surface area contributed by atoms with Crippen molar-refractivity contribution in [2.24, 2.45) is 0 Å². The summed E-state index contributed by atoms with van der Waals surface area (Å²) in [6.07, 6.45) is 5.14. The molecule has 2 aromatic heterocycles. The fraction of sp³-hybridized carbons (Fsp3) is 0.387. The predicted octanol–water partition coefficient (Wildman–Crippen LogP) is 6.00. The first-order valence-electron chi connectivity index (χ1n) is 14.2. The summed E-state index contributed by atoms with van der Waals surface area (Å²) in [5.41, 5.74) is 3.46. The van der Waals surface area contributed by atoms with Crippen molar-refractivity contribution in [2.45, 2.75) is 57.6 Å². The van der Waals surface area contributed by atoms with Crippen molar-refractivity contribution in [3.8, 4) is 11.5 Å². The summed E-state index contributed by atoms with van der Waals surface area (Å²) in [6.45, 7) is 6.86. The standard InChI is InChI=1S/C31H31N5O6/c1-30(2,3)42-29(38)34-11-7-18(8-12-34)21-15-23(36(39)40)26-25(16-21)41-28(33-26)20-6-5-19-13-24-27(37)32-17-31(9-4-10-31)35(24)22(19)14-20/h5-7,13-16H,4,8-12,17H2,1-3H3,(H,32,37). The molecule has 42 heavy (non-hydrogen) atoms. The van der Waals surface area contributed by atoms with E-state index in [-0.39, 0.29) is 34.6 Å². The summed E-state index contributed by atoms with van der Waals surface area (Å²) in [5.74, 6) is 0.195. The average molecular weight is 570 g/mol. The number of non-ortho nitro benzene ring substituents is 1. The molecule has 11 heteroatoms. The van der Waals surface area contributed by atoms with Gasteiger partial charge in [-0.25, -0.2) is 9.78 Å². The van der Waals surface area contributed by atoms with Crippen molar-refractivity contribution in [1.82, 2.24) is 19.8 Å². The fourth-order valence-electron chi connectivity index (χ4n) is 6.30. The van der Waals surface area contributed by atoms with Crippen LogP contribution < -0.4 is 5.32 Å². The van der Waals surface area contributed by atoms with Gasteiger partial charge in [0.2, 0.25) is 5.89 Å². The molecule has 2 amide bonds. The normalized spacial score (nSPS) is 18.0. The minimum Gasteiger partial charge on any atom is -0.444 e. The van der Waals surface area contributed by atoms with Crippen LogP contribution in [-0.2, 0) is 10.3 Å². The molecule has 0 unspecified atom stereocenters. The van der Waals surface area contributed by atoms with Gasteiger partial charge in [-0.15, -0.1) is 0 Å². The van der Waals surface area contributed by atoms with Crippen LogP contribution >= 0.6 is 0 Å². The van der Waals surface area contributed by atoms with Crippen molar-refractivity contribution in [2.75, 3.05) is 19.6 Å². The summed E-state index contributed by atoms with van der Waals surface area (Å²) in [5, 5.41) is 16.1. The van der Waals surface area contributed by atoms with Crippen molar-refractivity contribution < 1.29 is 23.7 Å². The molecule has 0 radical (unpaired) electrons. The summed E-state index contributed by atoms with van der Waals surface area (Å²) < 4.78 is 13.8. The number of carbonyl (C=O) groups is 2. The monoisotopic (exact) mass is 569 g/mol. The van der Waals surface area contributed by atoms with E-state index in [2.05, 4.69) is 14.9 Å². The maximum atomic E-state index is 12.7. The van der Waals surface area contributed by atoms with Gasteiger partial charge in [0.25, 0.3) is 11.6 Å². The molecule has 1 spiro atoms. The van der Waals surface area contributed by atoms with Crippen LogP contribution in [0.2, 0.25) is 0 Å². The summed E-state index contributed by atoms with van der Waals surface area (Å²) in [6, 6.07) is 11.0. The Morgan fingerprint density at radius 2 is 1.98 bits per heavy atom. The van der Waals surface area contributed by atoms with Gasteiger partial charge in [0, 0.05) is 36.7 Å². The molecule has 2 aromatic carbocycles. The lowest BCUT2D eigenvalue weighted by molar-refractivity contribution is -0.383. The second-order valence-electron chi connectivity index (χ2n) is 12.4. The summed E-state index contributed by atoms with van der Waals surface area (Å²) in [4.78, 5) is 43.0. The van der Waals surface area contributed by atoms with E-state index in [9.17, 15) is 19.7 Å². The highest BCUT2D eigenvalue weighted by molar-refractivity contribution is 6.01. The number of nitrogens with one attached hydrogen (secondary N) is 1. The summed E-state index contributed by atoms with van der Waals surface area (Å²) >= 11 is 0. The molecule has 0 saturated heterocycles. The molecule has 3 aliphatic rings. The molecule has 0 atom stereocenters. The van der Waals surface area contributed by atoms with Crippen molar-refractivity contribution in [1.29, 1.82) is 0 Å². The van der Waals surface area contributed by atoms with Crippen LogP contribution in [0.4, 0.5) is 10.5 Å². The van der Waals surface area contributed by atoms with Gasteiger partial charge in [0.1, 0.15) is 11.3 Å². The first-order chi connectivity index (χ1) is 20.0. The van der Waals surface area contributed by atoms with Crippen LogP contribution in [0.1, 0.15) is 62.5 Å². The molecule has 1 fully saturated rings. The fourth-order valence-corrected chi connectivity index (χ4v) is 6.30. The third kappa shape index (κ3) is 4.22. The number of carbonyl (C=O) groups excluding carboxylic acids is 2. The molecular formula is C31H31N5O6. The number of rotatable bonds is 3. The Hall–Kier alpha value is -4.67. The van der Waals surface area contributed by atoms with Crippen LogP contribution in [0.5, 0.6) is 0 Å². The van der Waals surface area contributed by atoms with Crippen molar-refractivity contribution in [3.63, 3.8) is 0 Å². The molecule has 2 aliphatic heterocycles. The number of benzene rings is 2. The van der Waals surface area contributed by atoms with E-state index < -0.39 is 10.5 Å². The van der Waals surface area contributed by atoms with Gasteiger partial charge in [-0.2, -0.15) is 0 Å². The number of hydrogen-bond donors (Lipinski definition) is 1. The maximum absolute atomic E-state index is 12.7. The molecule has 1 aliphatic carbocycles. The van der Waals surface area contributed by atoms with E-state index >= 15 is 0 Å². The van der Waals surface area contributed by atoms with Gasteiger partial charge in [0.15, 0.2) is 11.1 Å². The first kappa shape index (κ1) is 26.2. The quantitative estimate of drug-likeness (QED) is 0.236. The number of nitro groups is 1.